The highest BCUT2D eigenvalue weighted by molar-refractivity contribution is 6.10. The third kappa shape index (κ3) is 8.68. The van der Waals surface area contributed by atoms with Crippen LogP contribution in [0.2, 0.25) is 0 Å². The van der Waals surface area contributed by atoms with Crippen molar-refractivity contribution in [3.05, 3.63) is 228 Å². The molecule has 0 spiro atoms. The molecule has 0 fully saturated rings. The van der Waals surface area contributed by atoms with Crippen LogP contribution in [0.15, 0.2) is 206 Å². The quantitative estimate of drug-likeness (QED) is 0.152. The molecule has 0 saturated carbocycles. The van der Waals surface area contributed by atoms with Crippen LogP contribution in [0.25, 0.3) is 89.3 Å². The molecule has 67 heavy (non-hydrogen) atoms. The van der Waals surface area contributed by atoms with Crippen LogP contribution in [0.1, 0.15) is 45.2 Å². The highest BCUT2D eigenvalue weighted by Crippen LogP contribution is 2.36. The van der Waals surface area contributed by atoms with Crippen molar-refractivity contribution in [1.82, 2.24) is 9.13 Å². The number of para-hydroxylation sites is 3. The SMILES string of the molecule is C/C=c1\c(=C/CC)n(-c2ccc(Nc3ccccc3Cc3ccc(-c4ccc5ccccc5c4)cc3)cc2)c2ccc(-c3ccc4c(c3)c3ccccc3n4-c3ccccc3)cc12.CC.CO. The highest BCUT2D eigenvalue weighted by Gasteiger charge is 2.15. The summed E-state index contributed by atoms with van der Waals surface area (Å²) in [6.07, 6.45) is 6.41. The number of hydrogen-bond acceptors (Lipinski definition) is 2. The van der Waals surface area contributed by atoms with Gasteiger partial charge in [0.2, 0.25) is 0 Å². The van der Waals surface area contributed by atoms with Gasteiger partial charge in [0.25, 0.3) is 0 Å². The summed E-state index contributed by atoms with van der Waals surface area (Å²) >= 11 is 0. The first-order valence-corrected chi connectivity index (χ1v) is 23.5. The van der Waals surface area contributed by atoms with Crippen LogP contribution in [0, 0.1) is 0 Å². The molecular weight excluding hydrogens is 815 g/mol. The Kier molecular flexibility index (Phi) is 13.3. The lowest BCUT2D eigenvalue weighted by atomic mass is 9.98. The van der Waals surface area contributed by atoms with Crippen molar-refractivity contribution < 1.29 is 5.11 Å². The monoisotopic (exact) mass is 871 g/mol. The summed E-state index contributed by atoms with van der Waals surface area (Å²) in [5.74, 6) is 0. The zero-order valence-electron chi connectivity index (χ0n) is 39.0. The third-order valence-electron chi connectivity index (χ3n) is 12.6. The fourth-order valence-corrected chi connectivity index (χ4v) is 9.55. The topological polar surface area (TPSA) is 42.1 Å². The molecular formula is C63H57N3O. The number of anilines is 2. The minimum absolute atomic E-state index is 0.841. The first-order valence-electron chi connectivity index (χ1n) is 23.5. The highest BCUT2D eigenvalue weighted by atomic mass is 16.2. The van der Waals surface area contributed by atoms with Gasteiger partial charge in [-0.05, 0) is 143 Å². The van der Waals surface area contributed by atoms with Crippen molar-refractivity contribution in [2.75, 3.05) is 12.4 Å². The van der Waals surface area contributed by atoms with Gasteiger partial charge in [0.15, 0.2) is 0 Å². The van der Waals surface area contributed by atoms with Gasteiger partial charge in [-0.15, -0.1) is 0 Å². The molecule has 11 aromatic rings. The Morgan fingerprint density at radius 2 is 1.04 bits per heavy atom. The van der Waals surface area contributed by atoms with E-state index in [9.17, 15) is 0 Å². The summed E-state index contributed by atoms with van der Waals surface area (Å²) in [5.41, 5.74) is 15.6. The molecule has 11 rings (SSSR count). The van der Waals surface area contributed by atoms with E-state index in [1.165, 1.54) is 93.1 Å². The fourth-order valence-electron chi connectivity index (χ4n) is 9.55. The predicted molar refractivity (Wildman–Crippen MR) is 289 cm³/mol. The second-order valence-electron chi connectivity index (χ2n) is 16.5. The molecule has 4 nitrogen and oxygen atoms in total. The Hall–Kier alpha value is -7.92. The lowest BCUT2D eigenvalue weighted by molar-refractivity contribution is 0.399. The second-order valence-corrected chi connectivity index (χ2v) is 16.5. The Morgan fingerprint density at radius 3 is 1.78 bits per heavy atom. The molecule has 2 N–H and O–H groups in total. The van der Waals surface area contributed by atoms with Gasteiger partial charge in [-0.1, -0.05) is 160 Å². The molecule has 0 amide bonds. The van der Waals surface area contributed by atoms with Gasteiger partial charge >= 0.3 is 0 Å². The Labute approximate surface area is 394 Å². The lowest BCUT2D eigenvalue weighted by Gasteiger charge is -2.14. The molecule has 0 aliphatic rings. The van der Waals surface area contributed by atoms with Crippen LogP contribution in [0.3, 0.4) is 0 Å². The van der Waals surface area contributed by atoms with Crippen LogP contribution in [0.5, 0.6) is 0 Å². The molecule has 0 atom stereocenters. The summed E-state index contributed by atoms with van der Waals surface area (Å²) in [7, 11) is 1.00. The molecule has 4 heteroatoms. The smallest absolute Gasteiger partial charge is 0.0541 e. The van der Waals surface area contributed by atoms with E-state index in [1.54, 1.807) is 0 Å². The van der Waals surface area contributed by atoms with E-state index >= 15 is 0 Å². The van der Waals surface area contributed by atoms with Gasteiger partial charge in [-0.2, -0.15) is 0 Å². The molecule has 0 aliphatic heterocycles. The summed E-state index contributed by atoms with van der Waals surface area (Å²) < 4.78 is 4.80. The molecule has 0 unspecified atom stereocenters. The fraction of sp³-hybridized carbons (Fsp3) is 0.111. The number of rotatable bonds is 9. The largest absolute Gasteiger partial charge is 0.400 e. The molecule has 2 aromatic heterocycles. The maximum absolute atomic E-state index is 7.00. The number of aliphatic hydroxyl groups is 1. The summed E-state index contributed by atoms with van der Waals surface area (Å²) in [6, 6.07) is 75.1. The van der Waals surface area contributed by atoms with E-state index in [0.717, 1.165) is 37.0 Å². The number of aromatic nitrogens is 2. The molecule has 2 heterocycles. The summed E-state index contributed by atoms with van der Waals surface area (Å²) in [6.45, 7) is 8.38. The average Bonchev–Trinajstić information content (AvgIpc) is 3.90. The maximum Gasteiger partial charge on any atom is 0.0541 e. The molecule has 0 saturated heterocycles. The molecule has 0 bridgehead atoms. The lowest BCUT2D eigenvalue weighted by Crippen LogP contribution is -2.28. The molecule has 0 radical (unpaired) electrons. The molecule has 330 valence electrons. The van der Waals surface area contributed by atoms with Crippen LogP contribution in [-0.2, 0) is 6.42 Å². The van der Waals surface area contributed by atoms with Crippen LogP contribution >= 0.6 is 0 Å². The first kappa shape index (κ1) is 44.3. The maximum atomic E-state index is 7.00. The van der Waals surface area contributed by atoms with Gasteiger partial charge in [0, 0.05) is 56.6 Å². The van der Waals surface area contributed by atoms with Gasteiger partial charge in [-0.3, -0.25) is 0 Å². The number of nitrogens with zero attached hydrogens (tertiary/aromatic N) is 2. The summed E-state index contributed by atoms with van der Waals surface area (Å²) in [4.78, 5) is 0. The third-order valence-corrected chi connectivity index (χ3v) is 12.6. The van der Waals surface area contributed by atoms with Crippen LogP contribution in [0.4, 0.5) is 11.4 Å². The number of nitrogens with one attached hydrogen (secondary N) is 1. The first-order chi connectivity index (χ1) is 33.1. The van der Waals surface area contributed by atoms with Gasteiger partial charge in [0.1, 0.15) is 0 Å². The normalized spacial score (nSPS) is 11.7. The Morgan fingerprint density at radius 1 is 0.478 bits per heavy atom. The van der Waals surface area contributed by atoms with Crippen molar-refractivity contribution in [3.63, 3.8) is 0 Å². The van der Waals surface area contributed by atoms with E-state index < -0.39 is 0 Å². The predicted octanol–water partition coefficient (Wildman–Crippen LogP) is 15.2. The second kappa shape index (κ2) is 20.1. The van der Waals surface area contributed by atoms with Gasteiger partial charge in [0.05, 0.1) is 16.6 Å². The number of fused-ring (bicyclic) bond motifs is 5. The van der Waals surface area contributed by atoms with Crippen molar-refractivity contribution in [2.24, 2.45) is 0 Å². The molecule has 9 aromatic carbocycles. The number of aliphatic hydroxyl groups excluding tert-OH is 1. The van der Waals surface area contributed by atoms with Crippen molar-refractivity contribution >= 4 is 67.0 Å². The van der Waals surface area contributed by atoms with Crippen molar-refractivity contribution in [2.45, 2.75) is 40.5 Å². The Bertz CT molecular complexity index is 3600. The van der Waals surface area contributed by atoms with Crippen LogP contribution in [-0.4, -0.2) is 21.4 Å². The van der Waals surface area contributed by atoms with E-state index in [4.69, 9.17) is 5.11 Å². The van der Waals surface area contributed by atoms with Gasteiger partial charge < -0.3 is 19.6 Å². The van der Waals surface area contributed by atoms with E-state index in [1.807, 2.05) is 13.8 Å². The van der Waals surface area contributed by atoms with E-state index in [0.29, 0.717) is 0 Å². The number of benzene rings is 9. The minimum Gasteiger partial charge on any atom is -0.400 e. The van der Waals surface area contributed by atoms with Crippen LogP contribution < -0.4 is 15.9 Å². The van der Waals surface area contributed by atoms with E-state index in [-0.39, 0.29) is 0 Å². The minimum atomic E-state index is 0.841. The average molecular weight is 872 g/mol. The Balaban J connectivity index is 0.00000137. The van der Waals surface area contributed by atoms with E-state index in [2.05, 4.69) is 247 Å². The zero-order chi connectivity index (χ0) is 46.3. The molecule has 0 aliphatic carbocycles. The number of hydrogen-bond donors (Lipinski definition) is 2. The van der Waals surface area contributed by atoms with Crippen molar-refractivity contribution in [3.8, 4) is 33.6 Å². The van der Waals surface area contributed by atoms with Crippen molar-refractivity contribution in [1.29, 1.82) is 0 Å². The van der Waals surface area contributed by atoms with Gasteiger partial charge in [-0.25, -0.2) is 0 Å². The standard InChI is InChI=1S/C60H47N3.C2H6.CH4O/c1-3-14-57-52(4-2)54-39-46(47-30-36-60-55(40-47)53-20-11-13-22-58(53)62(60)50-18-6-5-7-19-50)29-35-59(54)63(57)51-33-31-49(32-34-51)61-56-21-12-10-17-48(56)37-41-23-25-43(26-24-41)45-28-27-42-15-8-9-16-44(42)38-45;2*1-2/h4-36,38-40,61H,3,37H2,1-2H3;1-2H3;2H,1H3/b52-4-,57-14+;;. The zero-order valence-corrected chi connectivity index (χ0v) is 39.0. The summed E-state index contributed by atoms with van der Waals surface area (Å²) in [5, 5.41) is 19.5.